The smallest absolute Gasteiger partial charge is 0.125 e. The van der Waals surface area contributed by atoms with Gasteiger partial charge in [-0.25, -0.2) is 0 Å². The maximum Gasteiger partial charge on any atom is 0.125 e. The molecule has 0 radical (unpaired) electrons. The van der Waals surface area contributed by atoms with Gasteiger partial charge in [-0.2, -0.15) is 10.2 Å². The van der Waals surface area contributed by atoms with Crippen molar-refractivity contribution in [2.24, 2.45) is 20.2 Å². The molecule has 0 rings (SSSR count). The van der Waals surface area contributed by atoms with Crippen LogP contribution in [0.25, 0.3) is 0 Å². The van der Waals surface area contributed by atoms with E-state index in [1.165, 1.54) is 0 Å². The Morgan fingerprint density at radius 3 is 1.31 bits per heavy atom. The van der Waals surface area contributed by atoms with Crippen molar-refractivity contribution in [3.63, 3.8) is 0 Å². The van der Waals surface area contributed by atoms with Crippen LogP contribution in [0.1, 0.15) is 13.8 Å². The van der Waals surface area contributed by atoms with E-state index in [-0.39, 0.29) is 12.1 Å². The first kappa shape index (κ1) is 14.5. The van der Waals surface area contributed by atoms with Gasteiger partial charge in [-0.15, -0.1) is 0 Å². The summed E-state index contributed by atoms with van der Waals surface area (Å²) in [6.07, 6.45) is 0. The number of hydrogen-bond donors (Lipinski definition) is 2. The largest absolute Gasteiger partial charge is 0.375 e. The Morgan fingerprint density at radius 2 is 1.12 bits per heavy atom. The second-order valence-electron chi connectivity index (χ2n) is 3.30. The molecule has 2 atom stereocenters. The van der Waals surface area contributed by atoms with Gasteiger partial charge in [-0.1, -0.05) is 0 Å². The van der Waals surface area contributed by atoms with Crippen LogP contribution in [0.4, 0.5) is 0 Å². The molecule has 6 nitrogen and oxygen atoms in total. The fourth-order valence-corrected chi connectivity index (χ4v) is 1.32. The lowest BCUT2D eigenvalue weighted by molar-refractivity contribution is 0.757. The minimum absolute atomic E-state index is 0.0626. The highest BCUT2D eigenvalue weighted by Gasteiger charge is 2.09. The van der Waals surface area contributed by atoms with Crippen LogP contribution in [0.3, 0.4) is 0 Å². The van der Waals surface area contributed by atoms with Gasteiger partial charge in [-0.05, 0) is 13.8 Å². The number of nitrogens with one attached hydrogen (secondary N) is 2. The van der Waals surface area contributed by atoms with E-state index in [4.69, 9.17) is 0 Å². The first-order valence-corrected chi connectivity index (χ1v) is 5.29. The summed E-state index contributed by atoms with van der Waals surface area (Å²) in [6, 6.07) is -0.125. The molecular weight excluding hydrogens is 204 g/mol. The lowest BCUT2D eigenvalue weighted by atomic mass is 10.3. The second-order valence-corrected chi connectivity index (χ2v) is 3.30. The number of amidine groups is 2. The first-order valence-electron chi connectivity index (χ1n) is 5.29. The van der Waals surface area contributed by atoms with E-state index in [0.717, 1.165) is 11.7 Å². The summed E-state index contributed by atoms with van der Waals surface area (Å²) in [4.78, 5) is 8.15. The molecule has 0 heterocycles. The van der Waals surface area contributed by atoms with Crippen LogP contribution < -0.4 is 10.6 Å². The molecule has 0 amide bonds. The molecule has 16 heavy (non-hydrogen) atoms. The van der Waals surface area contributed by atoms with Crippen molar-refractivity contribution in [2.75, 3.05) is 28.2 Å². The number of hydrogen-bond acceptors (Lipinski definition) is 4. The van der Waals surface area contributed by atoms with Gasteiger partial charge in [0.15, 0.2) is 0 Å². The zero-order valence-corrected chi connectivity index (χ0v) is 10.9. The van der Waals surface area contributed by atoms with Crippen molar-refractivity contribution in [1.29, 1.82) is 0 Å². The van der Waals surface area contributed by atoms with Crippen molar-refractivity contribution < 1.29 is 0 Å². The van der Waals surface area contributed by atoms with Crippen LogP contribution in [-0.2, 0) is 0 Å². The molecule has 92 valence electrons. The number of rotatable bonds is 4. The summed E-state index contributed by atoms with van der Waals surface area (Å²) in [6.45, 7) is 3.88. The molecule has 2 N–H and O–H groups in total. The fourth-order valence-electron chi connectivity index (χ4n) is 1.32. The molecular formula is C10H22N6. The van der Waals surface area contributed by atoms with Crippen molar-refractivity contribution >= 4 is 11.7 Å². The fraction of sp³-hybridized carbons (Fsp3) is 0.800. The lowest BCUT2D eigenvalue weighted by Crippen LogP contribution is -2.30. The normalized spacial score (nSPS) is 17.4. The third-order valence-electron chi connectivity index (χ3n) is 2.20. The molecule has 0 aliphatic carbocycles. The monoisotopic (exact) mass is 226 g/mol. The summed E-state index contributed by atoms with van der Waals surface area (Å²) in [5, 5.41) is 14.4. The highest BCUT2D eigenvalue weighted by atomic mass is 15.2. The van der Waals surface area contributed by atoms with Crippen LogP contribution in [0.5, 0.6) is 0 Å². The van der Waals surface area contributed by atoms with E-state index in [0.29, 0.717) is 0 Å². The summed E-state index contributed by atoms with van der Waals surface area (Å²) in [7, 11) is 7.11. The predicted molar refractivity (Wildman–Crippen MR) is 68.6 cm³/mol. The molecule has 0 aromatic carbocycles. The highest BCUT2D eigenvalue weighted by molar-refractivity contribution is 5.87. The molecule has 6 heteroatoms. The zero-order chi connectivity index (χ0) is 12.6. The summed E-state index contributed by atoms with van der Waals surface area (Å²) in [5.74, 6) is 1.63. The van der Waals surface area contributed by atoms with Crippen LogP contribution in [0.15, 0.2) is 20.2 Å². The number of azo groups is 1. The van der Waals surface area contributed by atoms with Gasteiger partial charge < -0.3 is 10.6 Å². The maximum absolute atomic E-state index is 4.19. The third-order valence-corrected chi connectivity index (χ3v) is 2.20. The van der Waals surface area contributed by atoms with Crippen LogP contribution in [0.2, 0.25) is 0 Å². The highest BCUT2D eigenvalue weighted by Crippen LogP contribution is 1.98. The minimum Gasteiger partial charge on any atom is -0.375 e. The average molecular weight is 226 g/mol. The molecule has 0 aromatic rings. The van der Waals surface area contributed by atoms with Gasteiger partial charge in [0.25, 0.3) is 0 Å². The molecule has 0 spiro atoms. The van der Waals surface area contributed by atoms with E-state index < -0.39 is 0 Å². The molecule has 2 unspecified atom stereocenters. The minimum atomic E-state index is -0.0626. The van der Waals surface area contributed by atoms with E-state index in [1.54, 1.807) is 14.1 Å². The van der Waals surface area contributed by atoms with Gasteiger partial charge in [0, 0.05) is 28.2 Å². The van der Waals surface area contributed by atoms with Gasteiger partial charge >= 0.3 is 0 Å². The van der Waals surface area contributed by atoms with Crippen LogP contribution in [0, 0.1) is 0 Å². The van der Waals surface area contributed by atoms with Gasteiger partial charge in [0.05, 0.1) is 0 Å². The lowest BCUT2D eigenvalue weighted by Gasteiger charge is -2.11. The van der Waals surface area contributed by atoms with Crippen molar-refractivity contribution in [3.8, 4) is 0 Å². The quantitative estimate of drug-likeness (QED) is 0.421. The standard InChI is InChI=1S/C10H22N6/c1-7(9(11-3)12-4)15-16-8(2)10(13-5)14-6/h7-8H,1-6H3,(H,11,12)(H,13,14). The molecule has 0 fully saturated rings. The Kier molecular flexibility index (Phi) is 7.07. The predicted octanol–water partition coefficient (Wildman–Crippen LogP) is 0.711. The van der Waals surface area contributed by atoms with Crippen LogP contribution >= 0.6 is 0 Å². The average Bonchev–Trinajstić information content (AvgIpc) is 2.29. The number of nitrogens with zero attached hydrogens (tertiary/aromatic N) is 4. The summed E-state index contributed by atoms with van der Waals surface area (Å²) >= 11 is 0. The summed E-state index contributed by atoms with van der Waals surface area (Å²) < 4.78 is 0. The van der Waals surface area contributed by atoms with Crippen LogP contribution in [-0.4, -0.2) is 51.9 Å². The van der Waals surface area contributed by atoms with Gasteiger partial charge in [0.2, 0.25) is 0 Å². The SMILES string of the molecule is CN=C(NC)C(C)N=NC(C)C(=NC)NC. The maximum atomic E-state index is 4.19. The van der Waals surface area contributed by atoms with Crippen molar-refractivity contribution in [1.82, 2.24) is 10.6 Å². The number of aliphatic imine (C=N–C) groups is 2. The number of likely N-dealkylation sites (N-methyl/N-ethyl adjacent to an activating group) is 2. The molecule has 0 aromatic heterocycles. The van der Waals surface area contributed by atoms with Crippen molar-refractivity contribution in [2.45, 2.75) is 25.9 Å². The first-order chi connectivity index (χ1) is 7.60. The zero-order valence-electron chi connectivity index (χ0n) is 10.9. The Hall–Kier alpha value is -1.46. The Balaban J connectivity index is 4.49. The molecule has 0 saturated carbocycles. The Labute approximate surface area is 97.4 Å². The molecule has 0 saturated heterocycles. The van der Waals surface area contributed by atoms with E-state index >= 15 is 0 Å². The van der Waals surface area contributed by atoms with Gasteiger partial charge in [0.1, 0.15) is 23.8 Å². The van der Waals surface area contributed by atoms with E-state index in [9.17, 15) is 0 Å². The van der Waals surface area contributed by atoms with Gasteiger partial charge in [-0.3, -0.25) is 9.98 Å². The summed E-state index contributed by atoms with van der Waals surface area (Å²) in [5.41, 5.74) is 0. The molecule has 0 aliphatic heterocycles. The Bertz CT molecular complexity index is 253. The van der Waals surface area contributed by atoms with Crippen molar-refractivity contribution in [3.05, 3.63) is 0 Å². The second kappa shape index (κ2) is 7.78. The Morgan fingerprint density at radius 1 is 0.812 bits per heavy atom. The third kappa shape index (κ3) is 4.37. The van der Waals surface area contributed by atoms with E-state index in [2.05, 4.69) is 30.8 Å². The molecule has 0 aliphatic rings. The molecule has 0 bridgehead atoms. The topological polar surface area (TPSA) is 73.5 Å². The van der Waals surface area contributed by atoms with E-state index in [1.807, 2.05) is 27.9 Å².